The van der Waals surface area contributed by atoms with Crippen LogP contribution in [0.4, 0.5) is 23.1 Å². The number of nitrogens with one attached hydrogen (secondary N) is 1. The summed E-state index contributed by atoms with van der Waals surface area (Å²) in [6.07, 6.45) is 3.84. The minimum Gasteiger partial charge on any atom is -0.481 e. The molecule has 2 aliphatic heterocycles. The highest BCUT2D eigenvalue weighted by Gasteiger charge is 2.25. The number of hydrogen-bond donors (Lipinski definition) is 2. The number of rotatable bonds is 5. The summed E-state index contributed by atoms with van der Waals surface area (Å²) in [4.78, 5) is 24.9. The number of piperidine rings is 1. The van der Waals surface area contributed by atoms with Gasteiger partial charge in [-0.25, -0.2) is 4.98 Å². The van der Waals surface area contributed by atoms with Gasteiger partial charge in [0.15, 0.2) is 0 Å². The molecule has 2 aromatic rings. The predicted molar refractivity (Wildman–Crippen MR) is 111 cm³/mol. The van der Waals surface area contributed by atoms with Crippen molar-refractivity contribution < 1.29 is 9.90 Å². The van der Waals surface area contributed by atoms with E-state index in [1.54, 1.807) is 0 Å². The van der Waals surface area contributed by atoms with Crippen LogP contribution in [-0.2, 0) is 4.79 Å². The smallest absolute Gasteiger partial charge is 0.306 e. The van der Waals surface area contributed by atoms with Gasteiger partial charge in [0.25, 0.3) is 0 Å². The van der Waals surface area contributed by atoms with Crippen LogP contribution in [0.25, 0.3) is 0 Å². The number of carboxylic acids is 1. The third-order valence-corrected chi connectivity index (χ3v) is 5.60. The highest BCUT2D eigenvalue weighted by atomic mass is 16.4. The van der Waals surface area contributed by atoms with E-state index in [1.807, 2.05) is 13.0 Å². The molecule has 0 saturated carbocycles. The molecule has 28 heavy (non-hydrogen) atoms. The first kappa shape index (κ1) is 18.5. The molecule has 2 N–H and O–H groups in total. The molecule has 4 rings (SSSR count). The Hall–Kier alpha value is -2.83. The van der Waals surface area contributed by atoms with Crippen LogP contribution in [0, 0.1) is 12.8 Å². The second-order valence-corrected chi connectivity index (χ2v) is 7.66. The van der Waals surface area contributed by atoms with Crippen LogP contribution in [0.15, 0.2) is 30.3 Å². The molecule has 0 atom stereocenters. The van der Waals surface area contributed by atoms with E-state index < -0.39 is 5.97 Å². The van der Waals surface area contributed by atoms with Crippen molar-refractivity contribution in [2.24, 2.45) is 5.92 Å². The quantitative estimate of drug-likeness (QED) is 0.821. The summed E-state index contributed by atoms with van der Waals surface area (Å²) in [6, 6.07) is 10.4. The molecule has 2 aliphatic rings. The Labute approximate surface area is 165 Å². The number of aryl methyl sites for hydroxylation is 1. The topological polar surface area (TPSA) is 81.6 Å². The van der Waals surface area contributed by atoms with E-state index >= 15 is 0 Å². The molecule has 0 aliphatic carbocycles. The largest absolute Gasteiger partial charge is 0.481 e. The average Bonchev–Trinajstić information content (AvgIpc) is 3.23. The van der Waals surface area contributed by atoms with Crippen molar-refractivity contribution in [2.75, 3.05) is 41.3 Å². The number of hydrogen-bond acceptors (Lipinski definition) is 6. The molecular formula is C21H27N5O2. The first-order chi connectivity index (χ1) is 13.6. The maximum atomic E-state index is 11.2. The first-order valence-corrected chi connectivity index (χ1v) is 10.0. The van der Waals surface area contributed by atoms with Crippen LogP contribution < -0.4 is 15.1 Å². The van der Waals surface area contributed by atoms with Gasteiger partial charge in [0, 0.05) is 49.3 Å². The van der Waals surface area contributed by atoms with E-state index in [-0.39, 0.29) is 5.92 Å². The van der Waals surface area contributed by atoms with Gasteiger partial charge in [0.2, 0.25) is 5.95 Å². The summed E-state index contributed by atoms with van der Waals surface area (Å²) in [7, 11) is 0. The summed E-state index contributed by atoms with van der Waals surface area (Å²) < 4.78 is 0. The Morgan fingerprint density at radius 2 is 1.71 bits per heavy atom. The highest BCUT2D eigenvalue weighted by Crippen LogP contribution is 2.26. The van der Waals surface area contributed by atoms with Crippen molar-refractivity contribution in [1.82, 2.24) is 9.97 Å². The molecule has 148 valence electrons. The lowest BCUT2D eigenvalue weighted by Crippen LogP contribution is -2.36. The number of aliphatic carboxylic acids is 1. The fraction of sp³-hybridized carbons (Fsp3) is 0.476. The van der Waals surface area contributed by atoms with Gasteiger partial charge in [-0.3, -0.25) is 4.79 Å². The molecule has 0 amide bonds. The van der Waals surface area contributed by atoms with Crippen molar-refractivity contribution in [1.29, 1.82) is 0 Å². The van der Waals surface area contributed by atoms with Crippen LogP contribution in [-0.4, -0.2) is 47.2 Å². The van der Waals surface area contributed by atoms with Crippen molar-refractivity contribution in [3.8, 4) is 0 Å². The van der Waals surface area contributed by atoms with Gasteiger partial charge in [-0.2, -0.15) is 4.98 Å². The van der Waals surface area contributed by atoms with Crippen LogP contribution in [0.5, 0.6) is 0 Å². The van der Waals surface area contributed by atoms with Gasteiger partial charge in [-0.15, -0.1) is 0 Å². The van der Waals surface area contributed by atoms with Gasteiger partial charge in [-0.1, -0.05) is 0 Å². The number of benzene rings is 1. The average molecular weight is 381 g/mol. The van der Waals surface area contributed by atoms with Gasteiger partial charge in [0.1, 0.15) is 5.82 Å². The summed E-state index contributed by atoms with van der Waals surface area (Å²) in [5.41, 5.74) is 3.11. The fourth-order valence-electron chi connectivity index (χ4n) is 3.99. The highest BCUT2D eigenvalue weighted by molar-refractivity contribution is 5.70. The zero-order chi connectivity index (χ0) is 19.5. The maximum absolute atomic E-state index is 11.2. The van der Waals surface area contributed by atoms with Crippen LogP contribution in [0.2, 0.25) is 0 Å². The van der Waals surface area contributed by atoms with Crippen LogP contribution in [0.3, 0.4) is 0 Å². The molecule has 7 heteroatoms. The van der Waals surface area contributed by atoms with Crippen molar-refractivity contribution >= 4 is 29.1 Å². The molecule has 1 aromatic carbocycles. The minimum atomic E-state index is -0.696. The van der Waals surface area contributed by atoms with E-state index in [0.717, 1.165) is 30.3 Å². The normalized spacial score (nSPS) is 17.8. The molecule has 0 bridgehead atoms. The van der Waals surface area contributed by atoms with Crippen molar-refractivity contribution in [3.05, 3.63) is 36.0 Å². The summed E-state index contributed by atoms with van der Waals surface area (Å²) in [6.45, 7) is 5.64. The van der Waals surface area contributed by atoms with Gasteiger partial charge in [0.05, 0.1) is 5.92 Å². The van der Waals surface area contributed by atoms with E-state index in [4.69, 9.17) is 0 Å². The molecule has 1 aromatic heterocycles. The Balaban J connectivity index is 1.44. The lowest BCUT2D eigenvalue weighted by molar-refractivity contribution is -0.142. The Morgan fingerprint density at radius 3 is 2.36 bits per heavy atom. The molecule has 7 nitrogen and oxygen atoms in total. The van der Waals surface area contributed by atoms with E-state index in [1.165, 1.54) is 18.5 Å². The van der Waals surface area contributed by atoms with Gasteiger partial charge in [-0.05, 0) is 56.9 Å². The zero-order valence-electron chi connectivity index (χ0n) is 16.3. The zero-order valence-corrected chi connectivity index (χ0v) is 16.3. The van der Waals surface area contributed by atoms with E-state index in [9.17, 15) is 9.90 Å². The molecule has 0 spiro atoms. The lowest BCUT2D eigenvalue weighted by Gasteiger charge is -2.31. The number of carboxylic acid groups (broad SMARTS) is 1. The van der Waals surface area contributed by atoms with E-state index in [2.05, 4.69) is 49.4 Å². The lowest BCUT2D eigenvalue weighted by atomic mass is 9.97. The predicted octanol–water partition coefficient (Wildman–Crippen LogP) is 3.43. The number of anilines is 4. The van der Waals surface area contributed by atoms with Crippen LogP contribution >= 0.6 is 0 Å². The summed E-state index contributed by atoms with van der Waals surface area (Å²) in [5, 5.41) is 12.5. The summed E-state index contributed by atoms with van der Waals surface area (Å²) in [5.74, 6) is 0.487. The molecule has 0 unspecified atom stereocenters. The van der Waals surface area contributed by atoms with E-state index in [0.29, 0.717) is 31.9 Å². The number of carbonyl (C=O) groups is 1. The third-order valence-electron chi connectivity index (χ3n) is 5.60. The third kappa shape index (κ3) is 4.18. The molecule has 2 fully saturated rings. The molecular weight excluding hydrogens is 354 g/mol. The minimum absolute atomic E-state index is 0.245. The van der Waals surface area contributed by atoms with Gasteiger partial charge >= 0.3 is 5.97 Å². The second-order valence-electron chi connectivity index (χ2n) is 7.66. The molecule has 0 radical (unpaired) electrons. The Kier molecular flexibility index (Phi) is 5.32. The monoisotopic (exact) mass is 381 g/mol. The summed E-state index contributed by atoms with van der Waals surface area (Å²) >= 11 is 0. The SMILES string of the molecule is Cc1cc(N2CCC(C(=O)O)CC2)nc(Nc2ccc(N3CCCC3)cc2)n1. The maximum Gasteiger partial charge on any atom is 0.306 e. The molecule has 3 heterocycles. The fourth-order valence-corrected chi connectivity index (χ4v) is 3.99. The standard InChI is InChI=1S/C21H27N5O2/c1-15-14-19(26-12-8-16(9-13-26)20(27)28)24-21(22-15)23-17-4-6-18(7-5-17)25-10-2-3-11-25/h4-7,14,16H,2-3,8-13H2,1H3,(H,27,28)(H,22,23,24). The number of aromatic nitrogens is 2. The van der Waals surface area contributed by atoms with Gasteiger partial charge < -0.3 is 20.2 Å². The second kappa shape index (κ2) is 8.04. The van der Waals surface area contributed by atoms with Crippen molar-refractivity contribution in [2.45, 2.75) is 32.6 Å². The first-order valence-electron chi connectivity index (χ1n) is 10.0. The van der Waals surface area contributed by atoms with Crippen molar-refractivity contribution in [3.63, 3.8) is 0 Å². The molecule has 2 saturated heterocycles. The number of nitrogens with zero attached hydrogens (tertiary/aromatic N) is 4. The Bertz CT molecular complexity index is 825. The Morgan fingerprint density at radius 1 is 1.04 bits per heavy atom. The van der Waals surface area contributed by atoms with Crippen LogP contribution in [0.1, 0.15) is 31.4 Å².